The molecule has 25 heavy (non-hydrogen) atoms. The van der Waals surface area contributed by atoms with Gasteiger partial charge < -0.3 is 19.8 Å². The summed E-state index contributed by atoms with van der Waals surface area (Å²) in [4.78, 5) is 7.14. The van der Waals surface area contributed by atoms with Crippen molar-refractivity contribution in [1.82, 2.24) is 14.7 Å². The van der Waals surface area contributed by atoms with Crippen molar-refractivity contribution in [3.8, 4) is 5.75 Å². The second kappa shape index (κ2) is 8.96. The lowest BCUT2D eigenvalue weighted by molar-refractivity contribution is 0.0512. The molecule has 0 amide bonds. The summed E-state index contributed by atoms with van der Waals surface area (Å²) in [6.45, 7) is 7.49. The summed E-state index contributed by atoms with van der Waals surface area (Å²) < 4.78 is 5.57. The molecule has 0 unspecified atom stereocenters. The molecule has 2 aliphatic heterocycles. The average Bonchev–Trinajstić information content (AvgIpc) is 2.98. The number of aliphatic hydroxyl groups is 2. The smallest absolute Gasteiger partial charge is 0.119 e. The van der Waals surface area contributed by atoms with Crippen LogP contribution >= 0.6 is 0 Å². The Morgan fingerprint density at radius 1 is 1.08 bits per heavy atom. The predicted octanol–water partition coefficient (Wildman–Crippen LogP) is 0.240. The van der Waals surface area contributed by atoms with Crippen molar-refractivity contribution in [2.75, 3.05) is 59.5 Å². The molecule has 1 aromatic rings. The molecular formula is C19H31N3O3. The molecule has 2 atom stereocenters. The topological polar surface area (TPSA) is 59.4 Å². The third-order valence-electron chi connectivity index (χ3n) is 5.24. The largest absolute Gasteiger partial charge is 0.494 e. The Morgan fingerprint density at radius 2 is 1.80 bits per heavy atom. The fraction of sp³-hybridized carbons (Fsp3) is 0.684. The second-order valence-corrected chi connectivity index (χ2v) is 7.24. The number of likely N-dealkylation sites (tertiary alicyclic amines) is 1. The van der Waals surface area contributed by atoms with E-state index in [1.165, 1.54) is 5.56 Å². The van der Waals surface area contributed by atoms with Crippen molar-refractivity contribution in [3.05, 3.63) is 29.8 Å². The normalized spacial score (nSPS) is 26.2. The molecule has 6 heteroatoms. The summed E-state index contributed by atoms with van der Waals surface area (Å²) in [6.07, 6.45) is 0.394. The minimum atomic E-state index is -0.260. The number of nitrogens with zero attached hydrogens (tertiary/aromatic N) is 3. The molecule has 0 bridgehead atoms. The number of ether oxygens (including phenoxy) is 1. The van der Waals surface area contributed by atoms with Gasteiger partial charge in [-0.1, -0.05) is 12.1 Å². The first-order valence-corrected chi connectivity index (χ1v) is 9.31. The van der Waals surface area contributed by atoms with Crippen LogP contribution in [0.3, 0.4) is 0 Å². The van der Waals surface area contributed by atoms with Crippen molar-refractivity contribution < 1.29 is 14.9 Å². The third kappa shape index (κ3) is 5.15. The van der Waals surface area contributed by atoms with Crippen LogP contribution in [0.15, 0.2) is 24.3 Å². The summed E-state index contributed by atoms with van der Waals surface area (Å²) in [5.41, 5.74) is 1.24. The van der Waals surface area contributed by atoms with E-state index in [0.717, 1.165) is 51.6 Å². The third-order valence-corrected chi connectivity index (χ3v) is 5.24. The molecular weight excluding hydrogens is 318 g/mol. The van der Waals surface area contributed by atoms with E-state index in [1.807, 2.05) is 12.1 Å². The van der Waals surface area contributed by atoms with E-state index in [-0.39, 0.29) is 18.8 Å². The van der Waals surface area contributed by atoms with E-state index >= 15 is 0 Å². The molecule has 140 valence electrons. The van der Waals surface area contributed by atoms with Crippen LogP contribution in [0.5, 0.6) is 5.75 Å². The Labute approximate surface area is 150 Å². The molecule has 6 nitrogen and oxygen atoms in total. The first kappa shape index (κ1) is 18.6. The van der Waals surface area contributed by atoms with Gasteiger partial charge >= 0.3 is 0 Å². The summed E-state index contributed by atoms with van der Waals surface area (Å²) >= 11 is 0. The van der Waals surface area contributed by atoms with Crippen LogP contribution in [0.4, 0.5) is 0 Å². The van der Waals surface area contributed by atoms with Gasteiger partial charge in [0.25, 0.3) is 0 Å². The van der Waals surface area contributed by atoms with Crippen LogP contribution in [0.2, 0.25) is 0 Å². The summed E-state index contributed by atoms with van der Waals surface area (Å²) in [6, 6.07) is 8.40. The standard InChI is InChI=1S/C19H31N3O3/c1-20-7-9-22(10-8-20)18-14-21(15-19(18)24)13-16-3-5-17(6-4-16)25-12-2-11-23/h3-6,18-19,23-24H,2,7-15H2,1H3/t18-,19+/m1/s1. The molecule has 0 saturated carbocycles. The van der Waals surface area contributed by atoms with Gasteiger partial charge in [0.15, 0.2) is 0 Å². The molecule has 2 saturated heterocycles. The van der Waals surface area contributed by atoms with Gasteiger partial charge in [0.1, 0.15) is 5.75 Å². The molecule has 1 aromatic carbocycles. The number of hydrogen-bond acceptors (Lipinski definition) is 6. The fourth-order valence-electron chi connectivity index (χ4n) is 3.69. The molecule has 2 fully saturated rings. The molecule has 0 spiro atoms. The molecule has 0 aliphatic carbocycles. The highest BCUT2D eigenvalue weighted by molar-refractivity contribution is 5.27. The van der Waals surface area contributed by atoms with Gasteiger partial charge in [-0.25, -0.2) is 0 Å². The number of hydrogen-bond donors (Lipinski definition) is 2. The van der Waals surface area contributed by atoms with Gasteiger partial charge in [0, 0.05) is 64.9 Å². The van der Waals surface area contributed by atoms with Gasteiger partial charge in [-0.05, 0) is 24.7 Å². The lowest BCUT2D eigenvalue weighted by Crippen LogP contribution is -2.52. The number of rotatable bonds is 7. The molecule has 2 heterocycles. The zero-order chi connectivity index (χ0) is 17.6. The van der Waals surface area contributed by atoms with E-state index in [9.17, 15) is 5.11 Å². The molecule has 2 N–H and O–H groups in total. The van der Waals surface area contributed by atoms with Crippen LogP contribution in [0.1, 0.15) is 12.0 Å². The minimum Gasteiger partial charge on any atom is -0.494 e. The number of aliphatic hydroxyl groups excluding tert-OH is 2. The SMILES string of the molecule is CN1CCN([C@@H]2CN(Cc3ccc(OCCCO)cc3)C[C@@H]2O)CC1. The summed E-state index contributed by atoms with van der Waals surface area (Å²) in [5, 5.41) is 19.3. The Hall–Kier alpha value is -1.18. The van der Waals surface area contributed by atoms with Crippen molar-refractivity contribution in [2.24, 2.45) is 0 Å². The van der Waals surface area contributed by atoms with E-state index in [2.05, 4.69) is 33.9 Å². The zero-order valence-corrected chi connectivity index (χ0v) is 15.2. The van der Waals surface area contributed by atoms with Gasteiger partial charge in [-0.2, -0.15) is 0 Å². The zero-order valence-electron chi connectivity index (χ0n) is 15.2. The van der Waals surface area contributed by atoms with Crippen LogP contribution in [0, 0.1) is 0 Å². The van der Waals surface area contributed by atoms with Crippen molar-refractivity contribution in [1.29, 1.82) is 0 Å². The Kier molecular flexibility index (Phi) is 6.67. The highest BCUT2D eigenvalue weighted by Gasteiger charge is 2.36. The summed E-state index contributed by atoms with van der Waals surface area (Å²) in [7, 11) is 2.16. The van der Waals surface area contributed by atoms with E-state index in [1.54, 1.807) is 0 Å². The second-order valence-electron chi connectivity index (χ2n) is 7.24. The van der Waals surface area contributed by atoms with E-state index in [4.69, 9.17) is 9.84 Å². The maximum absolute atomic E-state index is 10.5. The predicted molar refractivity (Wildman–Crippen MR) is 97.8 cm³/mol. The van der Waals surface area contributed by atoms with E-state index in [0.29, 0.717) is 13.0 Å². The highest BCUT2D eigenvalue weighted by atomic mass is 16.5. The quantitative estimate of drug-likeness (QED) is 0.688. The Balaban J connectivity index is 1.48. The maximum Gasteiger partial charge on any atom is 0.119 e. The first-order chi connectivity index (χ1) is 12.2. The van der Waals surface area contributed by atoms with Crippen LogP contribution in [-0.2, 0) is 6.54 Å². The number of β-amino-alcohol motifs (C(OH)–C–C–N with tert-alkyl or cyclic N) is 1. The average molecular weight is 349 g/mol. The summed E-state index contributed by atoms with van der Waals surface area (Å²) in [5.74, 6) is 0.842. The van der Waals surface area contributed by atoms with Crippen LogP contribution < -0.4 is 4.74 Å². The lowest BCUT2D eigenvalue weighted by atomic mass is 10.1. The monoisotopic (exact) mass is 349 g/mol. The van der Waals surface area contributed by atoms with Crippen LogP contribution in [0.25, 0.3) is 0 Å². The van der Waals surface area contributed by atoms with E-state index < -0.39 is 0 Å². The first-order valence-electron chi connectivity index (χ1n) is 9.31. The van der Waals surface area contributed by atoms with Gasteiger partial charge in [-0.15, -0.1) is 0 Å². The fourth-order valence-corrected chi connectivity index (χ4v) is 3.69. The Bertz CT molecular complexity index is 517. The Morgan fingerprint density at radius 3 is 2.48 bits per heavy atom. The van der Waals surface area contributed by atoms with Crippen molar-refractivity contribution >= 4 is 0 Å². The molecule has 3 rings (SSSR count). The lowest BCUT2D eigenvalue weighted by Gasteiger charge is -2.37. The van der Waals surface area contributed by atoms with Crippen LogP contribution in [-0.4, -0.2) is 96.6 Å². The van der Waals surface area contributed by atoms with Gasteiger partial charge in [-0.3, -0.25) is 9.80 Å². The molecule has 0 radical (unpaired) electrons. The minimum absolute atomic E-state index is 0.157. The number of piperazine rings is 1. The van der Waals surface area contributed by atoms with Gasteiger partial charge in [0.2, 0.25) is 0 Å². The number of likely N-dealkylation sites (N-methyl/N-ethyl adjacent to an activating group) is 1. The maximum atomic E-state index is 10.5. The van der Waals surface area contributed by atoms with Gasteiger partial charge in [0.05, 0.1) is 12.7 Å². The van der Waals surface area contributed by atoms with Crippen molar-refractivity contribution in [3.63, 3.8) is 0 Å². The highest BCUT2D eigenvalue weighted by Crippen LogP contribution is 2.21. The number of benzene rings is 1. The van der Waals surface area contributed by atoms with Crippen molar-refractivity contribution in [2.45, 2.75) is 25.1 Å². The molecule has 0 aromatic heterocycles. The molecule has 2 aliphatic rings.